The number of nitrogens with two attached hydrogens (primary N) is 1. The lowest BCUT2D eigenvalue weighted by molar-refractivity contribution is -0.123. The smallest absolute Gasteiger partial charge is 0.224 e. The number of nitrogens with zero attached hydrogens (tertiary/aromatic N) is 2. The van der Waals surface area contributed by atoms with Crippen molar-refractivity contribution in [3.63, 3.8) is 0 Å². The lowest BCUT2D eigenvalue weighted by Gasteiger charge is -2.23. The Morgan fingerprint density at radius 3 is 2.68 bits per heavy atom. The van der Waals surface area contributed by atoms with Crippen molar-refractivity contribution in [3.8, 4) is 0 Å². The van der Waals surface area contributed by atoms with Gasteiger partial charge < -0.3 is 15.6 Å². The number of pyridine rings is 1. The highest BCUT2D eigenvalue weighted by molar-refractivity contribution is 6.37. The minimum atomic E-state index is -0.196. The largest absolute Gasteiger partial charge is 0.359 e. The van der Waals surface area contributed by atoms with Crippen LogP contribution in [0.2, 0.25) is 10.0 Å². The van der Waals surface area contributed by atoms with Gasteiger partial charge in [0.25, 0.3) is 0 Å². The van der Waals surface area contributed by atoms with E-state index in [-0.39, 0.29) is 11.8 Å². The van der Waals surface area contributed by atoms with Gasteiger partial charge >= 0.3 is 0 Å². The highest BCUT2D eigenvalue weighted by Gasteiger charge is 2.18. The normalized spacial score (nSPS) is 11.9. The summed E-state index contributed by atoms with van der Waals surface area (Å²) in [6.45, 7) is 2.29. The maximum absolute atomic E-state index is 11.5. The summed E-state index contributed by atoms with van der Waals surface area (Å²) < 4.78 is 0. The molecule has 1 aromatic rings. The number of carbonyl (C=O) groups excluding carboxylic acids is 1. The number of nitrogen functional groups attached to an aromatic ring is 1. The number of hydrazine groups is 1. The molecule has 0 aliphatic rings. The van der Waals surface area contributed by atoms with E-state index >= 15 is 0 Å². The highest BCUT2D eigenvalue weighted by Crippen LogP contribution is 2.30. The molecule has 6 nitrogen and oxygen atoms in total. The van der Waals surface area contributed by atoms with Crippen LogP contribution in [0.5, 0.6) is 0 Å². The maximum Gasteiger partial charge on any atom is 0.224 e. The van der Waals surface area contributed by atoms with Gasteiger partial charge in [0.2, 0.25) is 5.91 Å². The first-order chi connectivity index (χ1) is 8.90. The Hall–Kier alpha value is -1.24. The molecular weight excluding hydrogens is 289 g/mol. The molecule has 0 aromatic carbocycles. The second kappa shape index (κ2) is 6.79. The lowest BCUT2D eigenvalue weighted by Crippen LogP contribution is -2.34. The first-order valence-electron chi connectivity index (χ1n) is 5.66. The van der Waals surface area contributed by atoms with Crippen LogP contribution in [0, 0.1) is 5.92 Å². The standard InChI is InChI=1S/C11H17Cl2N5O/c1-6(11(19)15-2)5-18(3)10-8(13)4-7(12)9(16-10)17-14/h4,6H,5,14H2,1-3H3,(H,15,19)(H,16,17). The second-order valence-electron chi connectivity index (χ2n) is 4.16. The number of rotatable bonds is 5. The predicted octanol–water partition coefficient (Wildman–Crippen LogP) is 1.49. The number of carbonyl (C=O) groups is 1. The maximum atomic E-state index is 11.5. The lowest BCUT2D eigenvalue weighted by atomic mass is 10.1. The van der Waals surface area contributed by atoms with E-state index in [4.69, 9.17) is 29.0 Å². The molecule has 0 aliphatic heterocycles. The molecule has 1 rings (SSSR count). The topological polar surface area (TPSA) is 83.3 Å². The van der Waals surface area contributed by atoms with Crippen LogP contribution in [0.15, 0.2) is 6.07 Å². The summed E-state index contributed by atoms with van der Waals surface area (Å²) in [7, 11) is 3.39. The van der Waals surface area contributed by atoms with Crippen molar-refractivity contribution in [2.75, 3.05) is 31.0 Å². The molecule has 0 saturated carbocycles. The number of amides is 1. The molecular formula is C11H17Cl2N5O. The summed E-state index contributed by atoms with van der Waals surface area (Å²) in [5.41, 5.74) is 2.40. The zero-order chi connectivity index (χ0) is 14.6. The average molecular weight is 306 g/mol. The van der Waals surface area contributed by atoms with Gasteiger partial charge in [-0.25, -0.2) is 10.8 Å². The van der Waals surface area contributed by atoms with Gasteiger partial charge in [-0.2, -0.15) is 0 Å². The van der Waals surface area contributed by atoms with E-state index in [0.717, 1.165) is 0 Å². The zero-order valence-electron chi connectivity index (χ0n) is 11.0. The van der Waals surface area contributed by atoms with Gasteiger partial charge in [-0.1, -0.05) is 30.1 Å². The van der Waals surface area contributed by atoms with Gasteiger partial charge in [0, 0.05) is 20.6 Å². The van der Waals surface area contributed by atoms with Crippen LogP contribution >= 0.6 is 23.2 Å². The average Bonchev–Trinajstić information content (AvgIpc) is 2.37. The molecule has 8 heteroatoms. The number of nitrogens with one attached hydrogen (secondary N) is 2. The molecule has 0 bridgehead atoms. The molecule has 4 N–H and O–H groups in total. The Morgan fingerprint density at radius 2 is 2.16 bits per heavy atom. The van der Waals surface area contributed by atoms with Crippen molar-refractivity contribution in [3.05, 3.63) is 16.1 Å². The van der Waals surface area contributed by atoms with Gasteiger partial charge in [-0.05, 0) is 6.07 Å². The predicted molar refractivity (Wildman–Crippen MR) is 78.6 cm³/mol. The Bertz CT molecular complexity index is 469. The zero-order valence-corrected chi connectivity index (χ0v) is 12.5. The Kier molecular flexibility index (Phi) is 5.65. The number of hydrogen-bond donors (Lipinski definition) is 3. The van der Waals surface area contributed by atoms with Crippen LogP contribution in [0.3, 0.4) is 0 Å². The summed E-state index contributed by atoms with van der Waals surface area (Å²) >= 11 is 12.0. The molecule has 1 unspecified atom stereocenters. The fraction of sp³-hybridized carbons (Fsp3) is 0.455. The molecule has 106 valence electrons. The van der Waals surface area contributed by atoms with Crippen molar-refractivity contribution in [2.24, 2.45) is 11.8 Å². The molecule has 1 atom stereocenters. The first-order valence-corrected chi connectivity index (χ1v) is 6.41. The SMILES string of the molecule is CNC(=O)C(C)CN(C)c1nc(NN)c(Cl)cc1Cl. The Morgan fingerprint density at radius 1 is 1.53 bits per heavy atom. The molecule has 0 radical (unpaired) electrons. The van der Waals surface area contributed by atoms with Crippen LogP contribution in [-0.4, -0.2) is 31.5 Å². The minimum Gasteiger partial charge on any atom is -0.359 e. The number of halogens is 2. The number of hydrogen-bond acceptors (Lipinski definition) is 5. The van der Waals surface area contributed by atoms with Gasteiger partial charge in [-0.3, -0.25) is 4.79 Å². The third-order valence-electron chi connectivity index (χ3n) is 2.65. The molecule has 0 aliphatic carbocycles. The third kappa shape index (κ3) is 3.86. The monoisotopic (exact) mass is 305 g/mol. The van der Waals surface area contributed by atoms with Crippen molar-refractivity contribution in [2.45, 2.75) is 6.92 Å². The Balaban J connectivity index is 2.93. The fourth-order valence-electron chi connectivity index (χ4n) is 1.65. The summed E-state index contributed by atoms with van der Waals surface area (Å²) in [6.07, 6.45) is 0. The molecule has 1 amide bonds. The van der Waals surface area contributed by atoms with Crippen molar-refractivity contribution in [1.82, 2.24) is 10.3 Å². The van der Waals surface area contributed by atoms with E-state index < -0.39 is 0 Å². The van der Waals surface area contributed by atoms with E-state index in [1.807, 2.05) is 6.92 Å². The quantitative estimate of drug-likeness (QED) is 0.567. The highest BCUT2D eigenvalue weighted by atomic mass is 35.5. The van der Waals surface area contributed by atoms with Gasteiger partial charge in [-0.15, -0.1) is 0 Å². The van der Waals surface area contributed by atoms with E-state index in [0.29, 0.717) is 28.2 Å². The summed E-state index contributed by atoms with van der Waals surface area (Å²) in [6, 6.07) is 1.56. The molecule has 0 fully saturated rings. The number of anilines is 2. The van der Waals surface area contributed by atoms with Crippen molar-refractivity contribution < 1.29 is 4.79 Å². The Labute approximate surface area is 122 Å². The van der Waals surface area contributed by atoms with Crippen LogP contribution in [-0.2, 0) is 4.79 Å². The van der Waals surface area contributed by atoms with E-state index in [2.05, 4.69) is 15.7 Å². The van der Waals surface area contributed by atoms with Crippen LogP contribution in [0.1, 0.15) is 6.92 Å². The minimum absolute atomic E-state index is 0.0471. The summed E-state index contributed by atoms with van der Waals surface area (Å²) in [5, 5.41) is 3.33. The molecule has 1 heterocycles. The fourth-order valence-corrected chi connectivity index (χ4v) is 2.21. The summed E-state index contributed by atoms with van der Waals surface area (Å²) in [4.78, 5) is 17.5. The summed E-state index contributed by atoms with van der Waals surface area (Å²) in [5.74, 6) is 5.92. The molecule has 0 saturated heterocycles. The third-order valence-corrected chi connectivity index (χ3v) is 3.22. The molecule has 0 spiro atoms. The van der Waals surface area contributed by atoms with Crippen LogP contribution in [0.4, 0.5) is 11.6 Å². The second-order valence-corrected chi connectivity index (χ2v) is 4.98. The van der Waals surface area contributed by atoms with Gasteiger partial charge in [0.05, 0.1) is 16.0 Å². The van der Waals surface area contributed by atoms with Crippen LogP contribution < -0.4 is 21.5 Å². The van der Waals surface area contributed by atoms with E-state index in [1.54, 1.807) is 25.1 Å². The molecule has 19 heavy (non-hydrogen) atoms. The van der Waals surface area contributed by atoms with Gasteiger partial charge in [0.1, 0.15) is 5.82 Å². The van der Waals surface area contributed by atoms with Crippen LogP contribution in [0.25, 0.3) is 0 Å². The van der Waals surface area contributed by atoms with E-state index in [1.165, 1.54) is 0 Å². The van der Waals surface area contributed by atoms with Crippen molar-refractivity contribution >= 4 is 40.7 Å². The first kappa shape index (κ1) is 15.8. The van der Waals surface area contributed by atoms with Gasteiger partial charge in [0.15, 0.2) is 5.82 Å². The van der Waals surface area contributed by atoms with E-state index in [9.17, 15) is 4.79 Å². The number of aromatic nitrogens is 1. The van der Waals surface area contributed by atoms with Crippen molar-refractivity contribution in [1.29, 1.82) is 0 Å². The molecule has 1 aromatic heterocycles.